The third-order valence-electron chi connectivity index (χ3n) is 3.26. The van der Waals surface area contributed by atoms with Gasteiger partial charge in [0.05, 0.1) is 12.8 Å². The molecular formula is C12H17BF3N2O-. The predicted molar refractivity (Wildman–Crippen MR) is 70.7 cm³/mol. The smallest absolute Gasteiger partial charge is 0.492 e. The van der Waals surface area contributed by atoms with Crippen LogP contribution in [-0.2, 0) is 0 Å². The minimum absolute atomic E-state index is 0.430. The summed E-state index contributed by atoms with van der Waals surface area (Å²) < 4.78 is 42.4. The lowest BCUT2D eigenvalue weighted by Gasteiger charge is -2.38. The molecular weight excluding hydrogens is 256 g/mol. The van der Waals surface area contributed by atoms with Gasteiger partial charge in [-0.25, -0.2) is 0 Å². The first kappa shape index (κ1) is 14.1. The van der Waals surface area contributed by atoms with Crippen LogP contribution >= 0.6 is 0 Å². The molecule has 106 valence electrons. The molecule has 1 fully saturated rings. The second-order valence-corrected chi connectivity index (χ2v) is 4.67. The number of rotatable bonds is 4. The number of methoxy groups -OCH3 is 1. The number of halogens is 3. The third kappa shape index (κ3) is 3.80. The van der Waals surface area contributed by atoms with Gasteiger partial charge in [-0.3, -0.25) is 0 Å². The summed E-state index contributed by atoms with van der Waals surface area (Å²) in [6.07, 6.45) is -0.764. The zero-order valence-electron chi connectivity index (χ0n) is 10.9. The molecule has 1 heterocycles. The van der Waals surface area contributed by atoms with E-state index in [0.717, 1.165) is 11.4 Å². The lowest BCUT2D eigenvalue weighted by atomic mass is 9.91. The summed E-state index contributed by atoms with van der Waals surface area (Å²) in [4.78, 5) is 3.53. The molecule has 1 aliphatic rings. The zero-order valence-corrected chi connectivity index (χ0v) is 10.9. The Bertz CT molecular complexity index is 420. The maximum atomic E-state index is 12.4. The molecule has 3 nitrogen and oxygen atoms in total. The molecule has 0 amide bonds. The van der Waals surface area contributed by atoms with Crippen molar-refractivity contribution < 1.29 is 17.7 Å². The van der Waals surface area contributed by atoms with Crippen LogP contribution in [0.3, 0.4) is 0 Å². The fourth-order valence-electron chi connectivity index (χ4n) is 2.36. The summed E-state index contributed by atoms with van der Waals surface area (Å²) in [7, 11) is 1.60. The average Bonchev–Trinajstić information content (AvgIpc) is 2.38. The number of nitrogens with zero attached hydrogens (tertiary/aromatic N) is 2. The Morgan fingerprint density at radius 2 is 1.74 bits per heavy atom. The van der Waals surface area contributed by atoms with Crippen LogP contribution in [-0.4, -0.2) is 51.6 Å². The van der Waals surface area contributed by atoms with Crippen molar-refractivity contribution in [2.45, 2.75) is 0 Å². The van der Waals surface area contributed by atoms with E-state index in [0.29, 0.717) is 26.2 Å². The summed E-state index contributed by atoms with van der Waals surface area (Å²) in [5.41, 5.74) is 0.946. The maximum Gasteiger partial charge on any atom is 0.492 e. The topological polar surface area (TPSA) is 15.7 Å². The molecule has 0 spiro atoms. The third-order valence-corrected chi connectivity index (χ3v) is 3.26. The Morgan fingerprint density at radius 3 is 2.32 bits per heavy atom. The van der Waals surface area contributed by atoms with Crippen molar-refractivity contribution >= 4 is 12.7 Å². The van der Waals surface area contributed by atoms with Crippen LogP contribution in [0, 0.1) is 0 Å². The van der Waals surface area contributed by atoms with Crippen LogP contribution in [0.2, 0.25) is 0 Å². The van der Waals surface area contributed by atoms with E-state index in [4.69, 9.17) is 4.74 Å². The number of ether oxygens (including phenoxy) is 1. The second kappa shape index (κ2) is 5.73. The molecule has 1 aromatic carbocycles. The predicted octanol–water partition coefficient (Wildman–Crippen LogP) is 2.20. The Balaban J connectivity index is 1.96. The minimum atomic E-state index is -4.73. The van der Waals surface area contributed by atoms with Crippen molar-refractivity contribution in [3.63, 3.8) is 0 Å². The van der Waals surface area contributed by atoms with Crippen molar-refractivity contribution in [2.24, 2.45) is 0 Å². The van der Waals surface area contributed by atoms with Gasteiger partial charge in [0.25, 0.3) is 0 Å². The van der Waals surface area contributed by atoms with Crippen LogP contribution < -0.4 is 9.64 Å². The van der Waals surface area contributed by atoms with Crippen LogP contribution in [0.4, 0.5) is 18.6 Å². The fraction of sp³-hybridized carbons (Fsp3) is 0.500. The number of piperazine rings is 1. The van der Waals surface area contributed by atoms with Crippen LogP contribution in [0.1, 0.15) is 0 Å². The van der Waals surface area contributed by atoms with Gasteiger partial charge < -0.3 is 27.5 Å². The lowest BCUT2D eigenvalue weighted by Crippen LogP contribution is -2.50. The summed E-state index contributed by atoms with van der Waals surface area (Å²) in [6.45, 7) is -2.69. The van der Waals surface area contributed by atoms with Gasteiger partial charge in [-0.05, 0) is 18.6 Å². The monoisotopic (exact) mass is 273 g/mol. The first-order chi connectivity index (χ1) is 8.99. The Labute approximate surface area is 111 Å². The average molecular weight is 273 g/mol. The standard InChI is InChI=1S/C12H17BF3N2O/c1-19-12-5-3-2-4-11(12)18-8-6-17(7-9-18)10-13(14,15)16/h2-5H,6-10H2,1H3/q-1. The minimum Gasteiger partial charge on any atom is -0.495 e. The van der Waals surface area contributed by atoms with Gasteiger partial charge in [-0.2, -0.15) is 0 Å². The van der Waals surface area contributed by atoms with Crippen molar-refractivity contribution in [3.05, 3.63) is 24.3 Å². The largest absolute Gasteiger partial charge is 0.495 e. The molecule has 0 bridgehead atoms. The molecule has 0 N–H and O–H groups in total. The van der Waals surface area contributed by atoms with E-state index in [-0.39, 0.29) is 0 Å². The van der Waals surface area contributed by atoms with Gasteiger partial charge in [0.1, 0.15) is 5.75 Å². The lowest BCUT2D eigenvalue weighted by molar-refractivity contribution is 0.263. The molecule has 1 aliphatic heterocycles. The first-order valence-corrected chi connectivity index (χ1v) is 6.31. The summed E-state index contributed by atoms with van der Waals surface area (Å²) in [5, 5.41) is 0. The second-order valence-electron chi connectivity index (χ2n) is 4.67. The van der Waals surface area contributed by atoms with E-state index >= 15 is 0 Å². The van der Waals surface area contributed by atoms with Crippen LogP contribution in [0.25, 0.3) is 0 Å². The van der Waals surface area contributed by atoms with Gasteiger partial charge in [-0.1, -0.05) is 12.1 Å². The molecule has 2 rings (SSSR count). The highest BCUT2D eigenvalue weighted by molar-refractivity contribution is 6.58. The van der Waals surface area contributed by atoms with E-state index in [9.17, 15) is 12.9 Å². The van der Waals surface area contributed by atoms with Crippen molar-refractivity contribution in [1.29, 1.82) is 0 Å². The Hall–Kier alpha value is -1.37. The van der Waals surface area contributed by atoms with Crippen molar-refractivity contribution in [3.8, 4) is 5.75 Å². The summed E-state index contributed by atoms with van der Waals surface area (Å²) in [5.74, 6) is 0.760. The number of hydrogen-bond acceptors (Lipinski definition) is 3. The molecule has 1 saturated heterocycles. The van der Waals surface area contributed by atoms with E-state index in [1.54, 1.807) is 7.11 Å². The van der Waals surface area contributed by atoms with Crippen LogP contribution in [0.5, 0.6) is 5.75 Å². The molecule has 0 unspecified atom stereocenters. The van der Waals surface area contributed by atoms with Crippen LogP contribution in [0.15, 0.2) is 24.3 Å². The Morgan fingerprint density at radius 1 is 1.11 bits per heavy atom. The number of hydrogen-bond donors (Lipinski definition) is 0. The normalized spacial score (nSPS) is 17.6. The van der Waals surface area contributed by atoms with Crippen molar-refractivity contribution in [2.75, 3.05) is 44.6 Å². The molecule has 0 atom stereocenters. The van der Waals surface area contributed by atoms with E-state index in [2.05, 4.69) is 4.90 Å². The SMILES string of the molecule is COc1ccccc1N1CCN(C[B-](F)(F)F)CC1. The van der Waals surface area contributed by atoms with Gasteiger partial charge in [0.15, 0.2) is 0 Å². The highest BCUT2D eigenvalue weighted by Crippen LogP contribution is 2.28. The maximum absolute atomic E-state index is 12.4. The number of anilines is 1. The van der Waals surface area contributed by atoms with Gasteiger partial charge in [0.2, 0.25) is 0 Å². The van der Waals surface area contributed by atoms with E-state index in [1.807, 2.05) is 24.3 Å². The molecule has 0 saturated carbocycles. The molecule has 0 aliphatic carbocycles. The summed E-state index contributed by atoms with van der Waals surface area (Å²) >= 11 is 0. The molecule has 0 aromatic heterocycles. The van der Waals surface area contributed by atoms with E-state index < -0.39 is 13.4 Å². The number of para-hydroxylation sites is 2. The Kier molecular flexibility index (Phi) is 4.24. The first-order valence-electron chi connectivity index (χ1n) is 6.31. The zero-order chi connectivity index (χ0) is 13.9. The van der Waals surface area contributed by atoms with Crippen molar-refractivity contribution in [1.82, 2.24) is 4.90 Å². The summed E-state index contributed by atoms with van der Waals surface area (Å²) in [6, 6.07) is 7.58. The fourth-order valence-corrected chi connectivity index (χ4v) is 2.36. The molecule has 7 heteroatoms. The van der Waals surface area contributed by atoms with Gasteiger partial charge in [-0.15, -0.1) is 0 Å². The highest BCUT2D eigenvalue weighted by atomic mass is 19.4. The van der Waals surface area contributed by atoms with Gasteiger partial charge >= 0.3 is 6.98 Å². The number of benzene rings is 1. The molecule has 19 heavy (non-hydrogen) atoms. The molecule has 0 radical (unpaired) electrons. The van der Waals surface area contributed by atoms with Gasteiger partial charge in [0, 0.05) is 26.2 Å². The molecule has 1 aromatic rings. The van der Waals surface area contributed by atoms with E-state index in [1.165, 1.54) is 4.90 Å². The highest BCUT2D eigenvalue weighted by Gasteiger charge is 2.28. The quantitative estimate of drug-likeness (QED) is 0.782.